The molecule has 3 aromatic rings. The van der Waals surface area contributed by atoms with Crippen molar-refractivity contribution < 1.29 is 24.1 Å². The van der Waals surface area contributed by atoms with Crippen molar-refractivity contribution in [2.45, 2.75) is 20.8 Å². The molecule has 7 nitrogen and oxygen atoms in total. The van der Waals surface area contributed by atoms with Crippen molar-refractivity contribution in [2.75, 3.05) is 33.1 Å². The van der Waals surface area contributed by atoms with Crippen molar-refractivity contribution >= 4 is 0 Å². The molecule has 0 aliphatic carbocycles. The molecule has 0 saturated carbocycles. The van der Waals surface area contributed by atoms with Crippen LogP contribution in [0.15, 0.2) is 72.8 Å². The van der Waals surface area contributed by atoms with E-state index in [0.29, 0.717) is 43.6 Å². The lowest BCUT2D eigenvalue weighted by Crippen LogP contribution is -2.11. The van der Waals surface area contributed by atoms with E-state index in [1.165, 1.54) is 0 Å². The van der Waals surface area contributed by atoms with Crippen LogP contribution in [0.25, 0.3) is 4.85 Å². The van der Waals surface area contributed by atoms with E-state index >= 15 is 0 Å². The summed E-state index contributed by atoms with van der Waals surface area (Å²) in [4.78, 5) is 3.10. The third-order valence-corrected chi connectivity index (χ3v) is 4.07. The van der Waals surface area contributed by atoms with Crippen LogP contribution in [-0.2, 0) is 0 Å². The van der Waals surface area contributed by atoms with Crippen molar-refractivity contribution in [3.63, 3.8) is 0 Å². The number of hydrogen-bond donors (Lipinski definition) is 2. The maximum Gasteiger partial charge on any atom is 0.357 e. The van der Waals surface area contributed by atoms with Crippen LogP contribution in [0.3, 0.4) is 0 Å². The number of hydrogen-bond acceptors (Lipinski definition) is 6. The fraction of sp³-hybridized carbons (Fsp3) is 0.296. The smallest absolute Gasteiger partial charge is 0.357 e. The van der Waals surface area contributed by atoms with E-state index in [9.17, 15) is 0 Å². The van der Waals surface area contributed by atoms with Gasteiger partial charge < -0.3 is 29.8 Å². The topological polar surface area (TPSA) is 87.5 Å². The molecule has 3 aromatic carbocycles. The number of benzene rings is 3. The lowest BCUT2D eigenvalue weighted by Gasteiger charge is -2.10. The average molecular weight is 467 g/mol. The molecule has 0 atom stereocenters. The normalized spacial score (nSPS) is 9.26. The minimum Gasteiger partial charge on any atom is -0.508 e. The van der Waals surface area contributed by atoms with Gasteiger partial charge in [0.15, 0.2) is 23.0 Å². The Labute approximate surface area is 202 Å². The lowest BCUT2D eigenvalue weighted by molar-refractivity contribution is 0.282. The van der Waals surface area contributed by atoms with E-state index < -0.39 is 0 Å². The molecule has 0 heterocycles. The standard InChI is InChI=1S/C10H11NO2.C10H15NO2.C7H8O/c1-3-12-9-6-4-5-7-10(9)13-8-11-2;1-2-12-9-5-3-4-6-10(9)13-8-7-11;1-6-4-2-3-5-7(6)8/h4-7H,3,8H2,1H3;3-6H,2,7-8,11H2,1H3;2-5,8H,1H3. The van der Waals surface area contributed by atoms with E-state index in [1.54, 1.807) is 12.1 Å². The van der Waals surface area contributed by atoms with E-state index in [1.807, 2.05) is 81.4 Å². The summed E-state index contributed by atoms with van der Waals surface area (Å²) in [5.74, 6) is 3.22. The van der Waals surface area contributed by atoms with Crippen LogP contribution in [0, 0.1) is 13.5 Å². The molecule has 0 saturated heterocycles. The lowest BCUT2D eigenvalue weighted by atomic mass is 10.2. The highest BCUT2D eigenvalue weighted by Gasteiger charge is 2.03. The highest BCUT2D eigenvalue weighted by atomic mass is 16.5. The zero-order valence-electron chi connectivity index (χ0n) is 20.1. The minimum absolute atomic E-state index is 0.0318. The number of rotatable bonds is 9. The second-order valence-electron chi connectivity index (χ2n) is 6.61. The molecule has 0 aliphatic heterocycles. The third-order valence-electron chi connectivity index (χ3n) is 4.07. The van der Waals surface area contributed by atoms with Crippen LogP contribution >= 0.6 is 0 Å². The minimum atomic E-state index is 0.0318. The van der Waals surface area contributed by atoms with Gasteiger partial charge in [0.25, 0.3) is 0 Å². The van der Waals surface area contributed by atoms with Crippen LogP contribution in [-0.4, -0.2) is 38.2 Å². The van der Waals surface area contributed by atoms with Gasteiger partial charge in [0.05, 0.1) is 13.2 Å². The molecule has 3 rings (SSSR count). The maximum absolute atomic E-state index is 8.92. The first kappa shape index (κ1) is 28.1. The fourth-order valence-electron chi connectivity index (χ4n) is 2.52. The third kappa shape index (κ3) is 11.1. The monoisotopic (exact) mass is 466 g/mol. The summed E-state index contributed by atoms with van der Waals surface area (Å²) in [6, 6.07) is 22.2. The van der Waals surface area contributed by atoms with Gasteiger partial charge in [-0.1, -0.05) is 42.5 Å². The van der Waals surface area contributed by atoms with Crippen molar-refractivity contribution in [2.24, 2.45) is 5.73 Å². The van der Waals surface area contributed by atoms with Crippen LogP contribution in [0.5, 0.6) is 28.7 Å². The van der Waals surface area contributed by atoms with Crippen molar-refractivity contribution in [3.8, 4) is 28.7 Å². The quantitative estimate of drug-likeness (QED) is 0.407. The molecule has 0 fully saturated rings. The van der Waals surface area contributed by atoms with E-state index in [-0.39, 0.29) is 6.73 Å². The summed E-state index contributed by atoms with van der Waals surface area (Å²) in [6.45, 7) is 14.6. The van der Waals surface area contributed by atoms with E-state index in [4.69, 9.17) is 36.4 Å². The van der Waals surface area contributed by atoms with Gasteiger partial charge in [0.2, 0.25) is 0 Å². The molecule has 0 bridgehead atoms. The number of aromatic hydroxyl groups is 1. The first-order chi connectivity index (χ1) is 16.6. The highest BCUT2D eigenvalue weighted by molar-refractivity contribution is 5.40. The Hall–Kier alpha value is -3.89. The first-order valence-corrected chi connectivity index (χ1v) is 11.0. The maximum atomic E-state index is 8.92. The van der Waals surface area contributed by atoms with E-state index in [0.717, 1.165) is 17.1 Å². The molecule has 0 aromatic heterocycles. The number of para-hydroxylation sites is 5. The Bertz CT molecular complexity index is 962. The van der Waals surface area contributed by atoms with Gasteiger partial charge in [0.1, 0.15) is 12.4 Å². The highest BCUT2D eigenvalue weighted by Crippen LogP contribution is 2.26. The van der Waals surface area contributed by atoms with E-state index in [2.05, 4.69) is 4.85 Å². The number of phenols is 1. The van der Waals surface area contributed by atoms with Gasteiger partial charge in [-0.05, 0) is 56.7 Å². The second-order valence-corrected chi connectivity index (χ2v) is 6.61. The summed E-state index contributed by atoms with van der Waals surface area (Å²) in [6.07, 6.45) is 0. The average Bonchev–Trinajstić information content (AvgIpc) is 2.86. The summed E-state index contributed by atoms with van der Waals surface area (Å²) < 4.78 is 21.2. The largest absolute Gasteiger partial charge is 0.508 e. The van der Waals surface area contributed by atoms with Crippen LogP contribution in [0.2, 0.25) is 0 Å². The molecule has 0 radical (unpaired) electrons. The zero-order valence-corrected chi connectivity index (χ0v) is 20.1. The predicted octanol–water partition coefficient (Wildman–Crippen LogP) is 5.46. The Morgan fingerprint density at radius 2 is 1.18 bits per heavy atom. The summed E-state index contributed by atoms with van der Waals surface area (Å²) in [7, 11) is 0. The molecule has 3 N–H and O–H groups in total. The molecule has 0 unspecified atom stereocenters. The van der Waals surface area contributed by atoms with Gasteiger partial charge in [-0.3, -0.25) is 4.85 Å². The van der Waals surface area contributed by atoms with Crippen LogP contribution in [0.4, 0.5) is 0 Å². The summed E-state index contributed by atoms with van der Waals surface area (Å²) in [5, 5.41) is 8.92. The van der Waals surface area contributed by atoms with Crippen LogP contribution < -0.4 is 24.7 Å². The van der Waals surface area contributed by atoms with Crippen LogP contribution in [0.1, 0.15) is 19.4 Å². The zero-order chi connectivity index (χ0) is 25.0. The predicted molar refractivity (Wildman–Crippen MR) is 135 cm³/mol. The van der Waals surface area contributed by atoms with Gasteiger partial charge in [0, 0.05) is 6.54 Å². The van der Waals surface area contributed by atoms with Crippen molar-refractivity contribution in [1.29, 1.82) is 0 Å². The molecular weight excluding hydrogens is 432 g/mol. The number of ether oxygens (including phenoxy) is 4. The fourth-order valence-corrected chi connectivity index (χ4v) is 2.52. The molecule has 34 heavy (non-hydrogen) atoms. The Balaban J connectivity index is 0.000000263. The second kappa shape index (κ2) is 17.6. The molecule has 0 amide bonds. The van der Waals surface area contributed by atoms with Crippen molar-refractivity contribution in [1.82, 2.24) is 0 Å². The number of nitrogens with two attached hydrogens (primary N) is 1. The summed E-state index contributed by atoms with van der Waals surface area (Å²) >= 11 is 0. The SMILES string of the molecule is CCOc1ccccc1OCCN.Cc1ccccc1O.[C-]#[N+]COc1ccccc1OCC. The number of aryl methyl sites for hydroxylation is 1. The molecule has 0 spiro atoms. The molecular formula is C27H34N2O5. The first-order valence-electron chi connectivity index (χ1n) is 11.0. The molecule has 7 heteroatoms. The van der Waals surface area contributed by atoms with Gasteiger partial charge in [-0.15, -0.1) is 0 Å². The van der Waals surface area contributed by atoms with Gasteiger partial charge >= 0.3 is 6.73 Å². The van der Waals surface area contributed by atoms with Gasteiger partial charge in [-0.2, -0.15) is 0 Å². The Morgan fingerprint density at radius 3 is 1.56 bits per heavy atom. The van der Waals surface area contributed by atoms with Crippen molar-refractivity contribution in [3.05, 3.63) is 89.8 Å². The number of nitrogens with zero attached hydrogens (tertiary/aromatic N) is 1. The summed E-state index contributed by atoms with van der Waals surface area (Å²) in [5.41, 5.74) is 6.26. The number of phenolic OH excluding ortho intramolecular Hbond substituents is 1. The Morgan fingerprint density at radius 1 is 0.735 bits per heavy atom. The molecule has 182 valence electrons. The molecule has 0 aliphatic rings. The Kier molecular flexibility index (Phi) is 14.6. The van der Waals surface area contributed by atoms with Gasteiger partial charge in [-0.25, -0.2) is 6.57 Å².